The standard InChI is InChI=1S/C12H21N3O2/c1-3-6-12(2,13)11-14-10(15-17-11)9-5-4-7-16-8-9/h9H,3-8,13H2,1-2H3. The summed E-state index contributed by atoms with van der Waals surface area (Å²) in [5.74, 6) is 1.55. The third kappa shape index (κ3) is 2.84. The zero-order valence-electron chi connectivity index (χ0n) is 10.6. The Balaban J connectivity index is 2.09. The number of ether oxygens (including phenoxy) is 1. The molecule has 0 aromatic carbocycles. The summed E-state index contributed by atoms with van der Waals surface area (Å²) in [5, 5.41) is 4.04. The van der Waals surface area contributed by atoms with Gasteiger partial charge in [-0.05, 0) is 26.2 Å². The first-order valence-corrected chi connectivity index (χ1v) is 6.34. The zero-order valence-corrected chi connectivity index (χ0v) is 10.6. The molecule has 5 heteroatoms. The molecule has 0 saturated carbocycles. The second kappa shape index (κ2) is 5.14. The van der Waals surface area contributed by atoms with E-state index in [1.54, 1.807) is 0 Å². The Labute approximate surface area is 102 Å². The van der Waals surface area contributed by atoms with Crippen molar-refractivity contribution in [1.82, 2.24) is 10.1 Å². The fraction of sp³-hybridized carbons (Fsp3) is 0.833. The molecule has 2 unspecified atom stereocenters. The van der Waals surface area contributed by atoms with E-state index in [1.165, 1.54) is 0 Å². The predicted molar refractivity (Wildman–Crippen MR) is 63.5 cm³/mol. The van der Waals surface area contributed by atoms with Crippen LogP contribution in [0.4, 0.5) is 0 Å². The van der Waals surface area contributed by atoms with Crippen molar-refractivity contribution in [3.05, 3.63) is 11.7 Å². The molecular weight excluding hydrogens is 218 g/mol. The van der Waals surface area contributed by atoms with E-state index in [-0.39, 0.29) is 5.92 Å². The minimum absolute atomic E-state index is 0.263. The van der Waals surface area contributed by atoms with Crippen LogP contribution >= 0.6 is 0 Å². The molecule has 17 heavy (non-hydrogen) atoms. The lowest BCUT2D eigenvalue weighted by Gasteiger charge is -2.19. The van der Waals surface area contributed by atoms with E-state index in [0.29, 0.717) is 12.5 Å². The molecule has 96 valence electrons. The molecule has 2 rings (SSSR count). The van der Waals surface area contributed by atoms with Gasteiger partial charge in [-0.25, -0.2) is 0 Å². The fourth-order valence-electron chi connectivity index (χ4n) is 2.20. The van der Waals surface area contributed by atoms with Crippen LogP contribution < -0.4 is 5.73 Å². The highest BCUT2D eigenvalue weighted by Gasteiger charge is 2.29. The average molecular weight is 239 g/mol. The predicted octanol–water partition coefficient (Wildman–Crippen LogP) is 1.94. The van der Waals surface area contributed by atoms with Crippen molar-refractivity contribution in [2.45, 2.75) is 51.0 Å². The van der Waals surface area contributed by atoms with Gasteiger partial charge in [-0.1, -0.05) is 18.5 Å². The fourth-order valence-corrected chi connectivity index (χ4v) is 2.20. The van der Waals surface area contributed by atoms with Crippen LogP contribution in [0.2, 0.25) is 0 Å². The average Bonchev–Trinajstić information content (AvgIpc) is 2.80. The van der Waals surface area contributed by atoms with Crippen molar-refractivity contribution in [2.75, 3.05) is 13.2 Å². The first-order valence-electron chi connectivity index (χ1n) is 6.34. The van der Waals surface area contributed by atoms with Crippen LogP contribution in [0.25, 0.3) is 0 Å². The number of hydrogen-bond acceptors (Lipinski definition) is 5. The zero-order chi connectivity index (χ0) is 12.3. The molecule has 0 radical (unpaired) electrons. The molecule has 1 aromatic heterocycles. The molecule has 0 spiro atoms. The molecule has 1 aromatic rings. The van der Waals surface area contributed by atoms with Crippen LogP contribution in [0.3, 0.4) is 0 Å². The van der Waals surface area contributed by atoms with Crippen LogP contribution in [0, 0.1) is 0 Å². The Kier molecular flexibility index (Phi) is 3.79. The van der Waals surface area contributed by atoms with Crippen LogP contribution in [0.5, 0.6) is 0 Å². The van der Waals surface area contributed by atoms with E-state index in [0.717, 1.165) is 38.1 Å². The molecule has 1 fully saturated rings. The van der Waals surface area contributed by atoms with Crippen LogP contribution in [0.1, 0.15) is 57.2 Å². The van der Waals surface area contributed by atoms with Gasteiger partial charge in [0.15, 0.2) is 5.82 Å². The highest BCUT2D eigenvalue weighted by Crippen LogP contribution is 2.26. The number of nitrogens with two attached hydrogens (primary N) is 1. The van der Waals surface area contributed by atoms with Crippen LogP contribution in [0.15, 0.2) is 4.52 Å². The van der Waals surface area contributed by atoms with Gasteiger partial charge in [0, 0.05) is 12.5 Å². The molecular formula is C12H21N3O2. The second-order valence-electron chi connectivity index (χ2n) is 5.04. The Morgan fingerprint density at radius 3 is 3.00 bits per heavy atom. The highest BCUT2D eigenvalue weighted by molar-refractivity contribution is 5.03. The van der Waals surface area contributed by atoms with Gasteiger partial charge in [-0.2, -0.15) is 4.98 Å². The van der Waals surface area contributed by atoms with Crippen molar-refractivity contribution in [3.63, 3.8) is 0 Å². The number of rotatable bonds is 4. The largest absolute Gasteiger partial charge is 0.381 e. The molecule has 1 aliphatic rings. The summed E-state index contributed by atoms with van der Waals surface area (Å²) in [6, 6.07) is 0. The molecule has 0 aliphatic carbocycles. The van der Waals surface area contributed by atoms with Gasteiger partial charge in [-0.15, -0.1) is 0 Å². The SMILES string of the molecule is CCCC(C)(N)c1nc(C2CCCOC2)no1. The first-order chi connectivity index (χ1) is 8.13. The van der Waals surface area contributed by atoms with Gasteiger partial charge in [0.2, 0.25) is 5.89 Å². The van der Waals surface area contributed by atoms with E-state index < -0.39 is 5.54 Å². The lowest BCUT2D eigenvalue weighted by Crippen LogP contribution is -2.33. The molecule has 0 bridgehead atoms. The smallest absolute Gasteiger partial charge is 0.246 e. The Bertz CT molecular complexity index is 356. The summed E-state index contributed by atoms with van der Waals surface area (Å²) in [5.41, 5.74) is 5.65. The third-order valence-corrected chi connectivity index (χ3v) is 3.23. The van der Waals surface area contributed by atoms with Crippen molar-refractivity contribution in [2.24, 2.45) is 5.73 Å². The van der Waals surface area contributed by atoms with E-state index in [1.807, 2.05) is 6.92 Å². The van der Waals surface area contributed by atoms with E-state index in [4.69, 9.17) is 15.0 Å². The summed E-state index contributed by atoms with van der Waals surface area (Å²) < 4.78 is 10.7. The van der Waals surface area contributed by atoms with Crippen molar-refractivity contribution in [3.8, 4) is 0 Å². The third-order valence-electron chi connectivity index (χ3n) is 3.23. The summed E-state index contributed by atoms with van der Waals surface area (Å²) in [6.45, 7) is 5.56. The summed E-state index contributed by atoms with van der Waals surface area (Å²) in [6.07, 6.45) is 3.96. The van der Waals surface area contributed by atoms with E-state index >= 15 is 0 Å². The van der Waals surface area contributed by atoms with Gasteiger partial charge < -0.3 is 15.0 Å². The van der Waals surface area contributed by atoms with Gasteiger partial charge >= 0.3 is 0 Å². The minimum atomic E-state index is -0.518. The number of aromatic nitrogens is 2. The number of hydrogen-bond donors (Lipinski definition) is 1. The lowest BCUT2D eigenvalue weighted by atomic mass is 9.97. The molecule has 2 atom stereocenters. The molecule has 1 aliphatic heterocycles. The second-order valence-corrected chi connectivity index (χ2v) is 5.04. The number of nitrogens with zero attached hydrogens (tertiary/aromatic N) is 2. The van der Waals surface area contributed by atoms with Crippen molar-refractivity contribution in [1.29, 1.82) is 0 Å². The van der Waals surface area contributed by atoms with Crippen molar-refractivity contribution >= 4 is 0 Å². The lowest BCUT2D eigenvalue weighted by molar-refractivity contribution is 0.0773. The van der Waals surface area contributed by atoms with Gasteiger partial charge in [-0.3, -0.25) is 0 Å². The molecule has 2 N–H and O–H groups in total. The van der Waals surface area contributed by atoms with E-state index in [2.05, 4.69) is 17.1 Å². The van der Waals surface area contributed by atoms with E-state index in [9.17, 15) is 0 Å². The maximum atomic E-state index is 6.16. The molecule has 1 saturated heterocycles. The first kappa shape index (κ1) is 12.5. The highest BCUT2D eigenvalue weighted by atomic mass is 16.5. The summed E-state index contributed by atoms with van der Waals surface area (Å²) in [4.78, 5) is 4.44. The molecule has 5 nitrogen and oxygen atoms in total. The van der Waals surface area contributed by atoms with Gasteiger partial charge in [0.25, 0.3) is 0 Å². The van der Waals surface area contributed by atoms with Crippen LogP contribution in [-0.2, 0) is 10.3 Å². The minimum Gasteiger partial charge on any atom is -0.381 e. The molecule has 2 heterocycles. The molecule has 0 amide bonds. The Morgan fingerprint density at radius 1 is 1.53 bits per heavy atom. The van der Waals surface area contributed by atoms with Crippen LogP contribution in [-0.4, -0.2) is 23.4 Å². The summed E-state index contributed by atoms with van der Waals surface area (Å²) in [7, 11) is 0. The van der Waals surface area contributed by atoms with Crippen molar-refractivity contribution < 1.29 is 9.26 Å². The topological polar surface area (TPSA) is 74.2 Å². The van der Waals surface area contributed by atoms with Gasteiger partial charge in [0.1, 0.15) is 0 Å². The maximum absolute atomic E-state index is 6.16. The normalized spacial score (nSPS) is 24.5. The quantitative estimate of drug-likeness (QED) is 0.869. The maximum Gasteiger partial charge on any atom is 0.246 e. The summed E-state index contributed by atoms with van der Waals surface area (Å²) >= 11 is 0. The monoisotopic (exact) mass is 239 g/mol. The van der Waals surface area contributed by atoms with Gasteiger partial charge in [0.05, 0.1) is 12.1 Å². The Morgan fingerprint density at radius 2 is 2.35 bits per heavy atom. The Hall–Kier alpha value is -0.940.